The van der Waals surface area contributed by atoms with Crippen LogP contribution in [0.1, 0.15) is 49.9 Å². The number of rotatable bonds is 7. The maximum Gasteiger partial charge on any atom is 0.263 e. The van der Waals surface area contributed by atoms with E-state index in [0.29, 0.717) is 35.9 Å². The van der Waals surface area contributed by atoms with E-state index in [2.05, 4.69) is 35.7 Å². The minimum Gasteiger partial charge on any atom is -0.368 e. The lowest BCUT2D eigenvalue weighted by atomic mass is 9.89. The first-order valence-corrected chi connectivity index (χ1v) is 12.9. The molecule has 8 nitrogen and oxygen atoms in total. The van der Waals surface area contributed by atoms with E-state index in [0.717, 1.165) is 41.1 Å². The van der Waals surface area contributed by atoms with Crippen LogP contribution in [0.4, 0.5) is 11.9 Å². The number of nitrogens with zero attached hydrogens (tertiary/aromatic N) is 6. The summed E-state index contributed by atoms with van der Waals surface area (Å²) in [7, 11) is 3.73. The third-order valence-electron chi connectivity index (χ3n) is 5.73. The number of fused-ring (bicyclic) bond motifs is 3. The normalized spacial score (nSPS) is 16.0. The maximum absolute atomic E-state index is 13.6. The number of thiophene rings is 1. The molecule has 172 valence electrons. The molecule has 0 saturated carbocycles. The second-order valence-corrected chi connectivity index (χ2v) is 11.2. The molecule has 3 aromatic rings. The average molecular weight is 474 g/mol. The third-order valence-corrected chi connectivity index (χ3v) is 7.85. The van der Waals surface area contributed by atoms with Gasteiger partial charge in [0.25, 0.3) is 5.56 Å². The highest BCUT2D eigenvalue weighted by Gasteiger charge is 2.25. The van der Waals surface area contributed by atoms with Crippen molar-refractivity contribution in [2.45, 2.75) is 63.9 Å². The fraction of sp³-hybridized carbons (Fsp3) is 0.591. The average Bonchev–Trinajstić information content (AvgIpc) is 3.08. The van der Waals surface area contributed by atoms with Gasteiger partial charge in [0.1, 0.15) is 10.7 Å². The molecule has 0 aliphatic heterocycles. The van der Waals surface area contributed by atoms with Crippen molar-refractivity contribution in [3.63, 3.8) is 0 Å². The molecule has 4 rings (SSSR count). The standard InChI is InChI=1S/C22H31N7OS2/c1-12(2)8-9-29-19(30)17-14-7-6-13(3)10-15(14)32-18(17)26-22(29)31-11-16-24-20(23)27-21(25-16)28(4)5/h12-13H,6-11H2,1-5H3,(H2,23,24,25,27). The first-order valence-electron chi connectivity index (χ1n) is 11.1. The quantitative estimate of drug-likeness (QED) is 0.409. The molecule has 1 atom stereocenters. The maximum atomic E-state index is 13.6. The van der Waals surface area contributed by atoms with E-state index in [4.69, 9.17) is 10.7 Å². The van der Waals surface area contributed by atoms with Crippen LogP contribution >= 0.6 is 23.1 Å². The Kier molecular flexibility index (Phi) is 6.71. The highest BCUT2D eigenvalue weighted by molar-refractivity contribution is 7.98. The molecular formula is C22H31N7OS2. The minimum atomic E-state index is 0.0920. The van der Waals surface area contributed by atoms with E-state index in [9.17, 15) is 4.79 Å². The van der Waals surface area contributed by atoms with E-state index < -0.39 is 0 Å². The molecule has 2 N–H and O–H groups in total. The van der Waals surface area contributed by atoms with Crippen LogP contribution in [-0.4, -0.2) is 38.6 Å². The summed E-state index contributed by atoms with van der Waals surface area (Å²) in [6.07, 6.45) is 4.08. The molecule has 0 saturated heterocycles. The lowest BCUT2D eigenvalue weighted by Crippen LogP contribution is -2.25. The fourth-order valence-electron chi connectivity index (χ4n) is 3.92. The Balaban J connectivity index is 1.72. The van der Waals surface area contributed by atoms with Crippen molar-refractivity contribution in [1.82, 2.24) is 24.5 Å². The lowest BCUT2D eigenvalue weighted by Gasteiger charge is -2.18. The Labute approximate surface area is 196 Å². The first-order chi connectivity index (χ1) is 15.2. The van der Waals surface area contributed by atoms with Crippen LogP contribution in [0.25, 0.3) is 10.2 Å². The van der Waals surface area contributed by atoms with Crippen molar-refractivity contribution >= 4 is 45.2 Å². The SMILES string of the molecule is CC(C)CCn1c(SCc2nc(N)nc(N(C)C)n2)nc2sc3c(c2c1=O)CCC(C)C3. The fourth-order valence-corrected chi connectivity index (χ4v) is 6.22. The molecule has 10 heteroatoms. The summed E-state index contributed by atoms with van der Waals surface area (Å²) < 4.78 is 1.86. The Morgan fingerprint density at radius 3 is 2.75 bits per heavy atom. The van der Waals surface area contributed by atoms with Crippen LogP contribution in [0.2, 0.25) is 0 Å². The zero-order valence-corrected chi connectivity index (χ0v) is 21.0. The Morgan fingerprint density at radius 1 is 1.25 bits per heavy atom. The molecule has 1 aliphatic rings. The highest BCUT2D eigenvalue weighted by Crippen LogP contribution is 2.36. The summed E-state index contributed by atoms with van der Waals surface area (Å²) in [5.74, 6) is 2.92. The zero-order valence-electron chi connectivity index (χ0n) is 19.4. The molecule has 0 amide bonds. The molecule has 0 bridgehead atoms. The van der Waals surface area contributed by atoms with Crippen LogP contribution in [-0.2, 0) is 25.1 Å². The van der Waals surface area contributed by atoms with Gasteiger partial charge in [-0.2, -0.15) is 15.0 Å². The lowest BCUT2D eigenvalue weighted by molar-refractivity contribution is 0.480. The van der Waals surface area contributed by atoms with Crippen LogP contribution in [0.5, 0.6) is 0 Å². The number of thioether (sulfide) groups is 1. The number of hydrogen-bond acceptors (Lipinski definition) is 9. The van der Waals surface area contributed by atoms with Crippen LogP contribution in [0.3, 0.4) is 0 Å². The van der Waals surface area contributed by atoms with Gasteiger partial charge in [-0.1, -0.05) is 32.5 Å². The minimum absolute atomic E-state index is 0.0920. The first kappa shape index (κ1) is 23.0. The van der Waals surface area contributed by atoms with E-state index in [1.54, 1.807) is 16.2 Å². The topological polar surface area (TPSA) is 103 Å². The molecule has 3 aromatic heterocycles. The molecule has 32 heavy (non-hydrogen) atoms. The van der Waals surface area contributed by atoms with Gasteiger partial charge in [-0.25, -0.2) is 4.98 Å². The van der Waals surface area contributed by atoms with Crippen molar-refractivity contribution < 1.29 is 0 Å². The molecular weight excluding hydrogens is 442 g/mol. The molecule has 1 unspecified atom stereocenters. The number of anilines is 2. The Hall–Kier alpha value is -2.20. The van der Waals surface area contributed by atoms with Gasteiger partial charge in [0, 0.05) is 25.5 Å². The van der Waals surface area contributed by atoms with Crippen molar-refractivity contribution in [3.05, 3.63) is 26.6 Å². The van der Waals surface area contributed by atoms with Crippen LogP contribution in [0, 0.1) is 11.8 Å². The van der Waals surface area contributed by atoms with E-state index in [1.165, 1.54) is 22.2 Å². The summed E-state index contributed by atoms with van der Waals surface area (Å²) in [6.45, 7) is 7.29. The highest BCUT2D eigenvalue weighted by atomic mass is 32.2. The van der Waals surface area contributed by atoms with E-state index in [1.807, 2.05) is 18.7 Å². The number of nitrogen functional groups attached to an aromatic ring is 1. The van der Waals surface area contributed by atoms with Gasteiger partial charge in [-0.15, -0.1) is 11.3 Å². The third kappa shape index (κ3) is 4.76. The summed E-state index contributed by atoms with van der Waals surface area (Å²) >= 11 is 3.18. The number of nitrogens with two attached hydrogens (primary N) is 1. The van der Waals surface area contributed by atoms with Crippen molar-refractivity contribution in [2.75, 3.05) is 24.7 Å². The van der Waals surface area contributed by atoms with Crippen molar-refractivity contribution in [2.24, 2.45) is 11.8 Å². The molecule has 0 aromatic carbocycles. The van der Waals surface area contributed by atoms with Gasteiger partial charge >= 0.3 is 0 Å². The summed E-state index contributed by atoms with van der Waals surface area (Å²) in [4.78, 5) is 35.5. The predicted molar refractivity (Wildman–Crippen MR) is 133 cm³/mol. The molecule has 0 spiro atoms. The molecule has 0 radical (unpaired) electrons. The van der Waals surface area contributed by atoms with Crippen molar-refractivity contribution in [3.8, 4) is 0 Å². The molecule has 3 heterocycles. The molecule has 0 fully saturated rings. The second-order valence-electron chi connectivity index (χ2n) is 9.16. The van der Waals surface area contributed by atoms with E-state index >= 15 is 0 Å². The largest absolute Gasteiger partial charge is 0.368 e. The predicted octanol–water partition coefficient (Wildman–Crippen LogP) is 3.75. The monoisotopic (exact) mass is 473 g/mol. The van der Waals surface area contributed by atoms with Gasteiger partial charge < -0.3 is 10.6 Å². The zero-order chi connectivity index (χ0) is 23.0. The van der Waals surface area contributed by atoms with Gasteiger partial charge in [0.15, 0.2) is 5.16 Å². The van der Waals surface area contributed by atoms with Crippen molar-refractivity contribution in [1.29, 1.82) is 0 Å². The summed E-state index contributed by atoms with van der Waals surface area (Å²) in [5, 5.41) is 1.56. The smallest absolute Gasteiger partial charge is 0.263 e. The van der Waals surface area contributed by atoms with Gasteiger partial charge in [-0.3, -0.25) is 9.36 Å². The number of aromatic nitrogens is 5. The Bertz CT molecular complexity index is 1190. The second kappa shape index (κ2) is 9.35. The van der Waals surface area contributed by atoms with Crippen LogP contribution in [0.15, 0.2) is 9.95 Å². The Morgan fingerprint density at radius 2 is 2.03 bits per heavy atom. The summed E-state index contributed by atoms with van der Waals surface area (Å²) in [5.41, 5.74) is 7.20. The number of hydrogen-bond donors (Lipinski definition) is 1. The van der Waals surface area contributed by atoms with Crippen LogP contribution < -0.4 is 16.2 Å². The number of aryl methyl sites for hydroxylation is 1. The van der Waals surface area contributed by atoms with E-state index in [-0.39, 0.29) is 11.5 Å². The van der Waals surface area contributed by atoms with Gasteiger partial charge in [0.2, 0.25) is 11.9 Å². The summed E-state index contributed by atoms with van der Waals surface area (Å²) in [6, 6.07) is 0. The molecule has 1 aliphatic carbocycles. The van der Waals surface area contributed by atoms with Gasteiger partial charge in [0.05, 0.1) is 11.1 Å². The van der Waals surface area contributed by atoms with Gasteiger partial charge in [-0.05, 0) is 43.1 Å².